The minimum absolute atomic E-state index is 0.193. The Morgan fingerprint density at radius 3 is 2.11 bits per heavy atom. The van der Waals surface area contributed by atoms with Gasteiger partial charge in [-0.1, -0.05) is 94.5 Å². The molecule has 0 aromatic heterocycles. The van der Waals surface area contributed by atoms with Gasteiger partial charge in [0.1, 0.15) is 5.82 Å². The van der Waals surface area contributed by atoms with E-state index in [9.17, 15) is 8.78 Å². The zero-order chi connectivity index (χ0) is 26.2. The first-order valence-corrected chi connectivity index (χ1v) is 14.0. The second-order valence-electron chi connectivity index (χ2n) is 10.4. The summed E-state index contributed by atoms with van der Waals surface area (Å²) < 4.78 is 50.6. The number of unbranched alkanes of at least 4 members (excludes halogenated alkanes) is 4. The van der Waals surface area contributed by atoms with Crippen LogP contribution in [0.4, 0.5) is 13.2 Å². The number of benzene rings is 3. The third-order valence-corrected chi connectivity index (χ3v) is 7.67. The molecule has 1 aliphatic rings. The van der Waals surface area contributed by atoms with Gasteiger partial charge in [0.05, 0.1) is 12.7 Å². The Morgan fingerprint density at radius 2 is 1.43 bits per heavy atom. The topological polar surface area (TPSA) is 9.23 Å². The molecule has 4 heteroatoms. The first-order chi connectivity index (χ1) is 18.0. The van der Waals surface area contributed by atoms with Crippen molar-refractivity contribution >= 4 is 0 Å². The van der Waals surface area contributed by atoms with Crippen LogP contribution in [0.25, 0.3) is 22.3 Å². The van der Waals surface area contributed by atoms with E-state index in [1.54, 1.807) is 30.3 Å². The molecule has 0 amide bonds. The zero-order valence-corrected chi connectivity index (χ0v) is 22.2. The first kappa shape index (κ1) is 27.4. The number of aryl methyl sites for hydroxylation is 1. The predicted octanol–water partition coefficient (Wildman–Crippen LogP) is 10.2. The fourth-order valence-corrected chi connectivity index (χ4v) is 5.34. The van der Waals surface area contributed by atoms with Crippen LogP contribution < -0.4 is 0 Å². The molecule has 0 bridgehead atoms. The number of halogens is 3. The maximum atomic E-state index is 15.1. The Morgan fingerprint density at radius 1 is 0.730 bits per heavy atom. The van der Waals surface area contributed by atoms with Crippen molar-refractivity contribution in [1.29, 1.82) is 0 Å². The molecule has 4 rings (SSSR count). The van der Waals surface area contributed by atoms with Crippen molar-refractivity contribution in [2.45, 2.75) is 84.2 Å². The number of hydrogen-bond donors (Lipinski definition) is 0. The first-order valence-electron chi connectivity index (χ1n) is 14.0. The molecule has 1 saturated heterocycles. The van der Waals surface area contributed by atoms with Crippen LogP contribution in [0.15, 0.2) is 54.6 Å². The Hall–Kier alpha value is -2.59. The van der Waals surface area contributed by atoms with Gasteiger partial charge in [-0.05, 0) is 66.3 Å². The molecule has 1 fully saturated rings. The lowest BCUT2D eigenvalue weighted by Gasteiger charge is -2.29. The molecule has 0 saturated carbocycles. The SMILES string of the molecule is CCCCCc1ccc(-c2ccc(-c3ccc(C4CCC(CCCCC)CO4)c(F)c3)cc2)c(F)c1F. The summed E-state index contributed by atoms with van der Waals surface area (Å²) in [7, 11) is 0. The second-order valence-corrected chi connectivity index (χ2v) is 10.4. The molecule has 1 aliphatic heterocycles. The molecular weight excluding hydrogens is 469 g/mol. The van der Waals surface area contributed by atoms with Gasteiger partial charge in [-0.3, -0.25) is 0 Å². The van der Waals surface area contributed by atoms with Gasteiger partial charge in [0, 0.05) is 11.1 Å². The van der Waals surface area contributed by atoms with Gasteiger partial charge in [0.2, 0.25) is 0 Å². The van der Waals surface area contributed by atoms with Crippen LogP contribution in [0.2, 0.25) is 0 Å². The highest BCUT2D eigenvalue weighted by atomic mass is 19.2. The molecular formula is C33H39F3O. The van der Waals surface area contributed by atoms with Crippen LogP contribution in [0.1, 0.15) is 88.9 Å². The highest BCUT2D eigenvalue weighted by molar-refractivity contribution is 5.71. The van der Waals surface area contributed by atoms with Crippen LogP contribution in [-0.4, -0.2) is 6.61 Å². The molecule has 0 spiro atoms. The number of rotatable bonds is 11. The van der Waals surface area contributed by atoms with Gasteiger partial charge >= 0.3 is 0 Å². The average Bonchev–Trinajstić information content (AvgIpc) is 2.92. The Kier molecular flexibility index (Phi) is 9.85. The van der Waals surface area contributed by atoms with Crippen LogP contribution in [0, 0.1) is 23.4 Å². The van der Waals surface area contributed by atoms with E-state index in [1.807, 2.05) is 24.3 Å². The number of hydrogen-bond acceptors (Lipinski definition) is 1. The summed E-state index contributed by atoms with van der Waals surface area (Å²) in [5.74, 6) is -1.24. The third-order valence-electron chi connectivity index (χ3n) is 7.67. The fourth-order valence-electron chi connectivity index (χ4n) is 5.34. The molecule has 3 aromatic rings. The maximum absolute atomic E-state index is 15.1. The van der Waals surface area contributed by atoms with Crippen molar-refractivity contribution in [2.75, 3.05) is 6.61 Å². The monoisotopic (exact) mass is 508 g/mol. The summed E-state index contributed by atoms with van der Waals surface area (Å²) in [4.78, 5) is 0. The van der Waals surface area contributed by atoms with E-state index in [4.69, 9.17) is 4.74 Å². The maximum Gasteiger partial charge on any atom is 0.166 e. The number of ether oxygens (including phenoxy) is 1. The van der Waals surface area contributed by atoms with Gasteiger partial charge in [-0.25, -0.2) is 13.2 Å². The second kappa shape index (κ2) is 13.3. The minimum Gasteiger partial charge on any atom is -0.373 e. The fraction of sp³-hybridized carbons (Fsp3) is 0.455. The summed E-state index contributed by atoms with van der Waals surface area (Å²) in [5.41, 5.74) is 3.46. The standard InChI is InChI=1S/C33H39F3O/c1-3-5-7-9-23-11-20-31(37-22-23)29-19-17-27(21-30(29)34)24-12-14-25(15-13-24)28-18-16-26(10-8-6-4-2)32(35)33(28)36/h12-19,21,23,31H,3-11,20,22H2,1-2H3. The van der Waals surface area contributed by atoms with E-state index in [2.05, 4.69) is 13.8 Å². The van der Waals surface area contributed by atoms with Gasteiger partial charge in [-0.15, -0.1) is 0 Å². The molecule has 37 heavy (non-hydrogen) atoms. The molecule has 2 unspecified atom stereocenters. The Bertz CT molecular complexity index is 1150. The van der Waals surface area contributed by atoms with Crippen molar-refractivity contribution in [2.24, 2.45) is 5.92 Å². The summed E-state index contributed by atoms with van der Waals surface area (Å²) in [6, 6.07) is 15.8. The molecule has 1 heterocycles. The van der Waals surface area contributed by atoms with Crippen molar-refractivity contribution in [3.63, 3.8) is 0 Å². The van der Waals surface area contributed by atoms with E-state index < -0.39 is 11.6 Å². The van der Waals surface area contributed by atoms with Gasteiger partial charge in [-0.2, -0.15) is 0 Å². The normalized spacial score (nSPS) is 17.8. The molecule has 198 valence electrons. The Balaban J connectivity index is 1.42. The third kappa shape index (κ3) is 6.84. The molecule has 2 atom stereocenters. The van der Waals surface area contributed by atoms with E-state index in [0.717, 1.165) is 43.2 Å². The van der Waals surface area contributed by atoms with Crippen molar-refractivity contribution in [3.05, 3.63) is 83.2 Å². The van der Waals surface area contributed by atoms with Crippen LogP contribution in [0.3, 0.4) is 0 Å². The quantitative estimate of drug-likeness (QED) is 0.234. The molecule has 1 nitrogen and oxygen atoms in total. The summed E-state index contributed by atoms with van der Waals surface area (Å²) in [6.07, 6.45) is 10.1. The van der Waals surface area contributed by atoms with Crippen molar-refractivity contribution < 1.29 is 17.9 Å². The van der Waals surface area contributed by atoms with Crippen LogP contribution >= 0.6 is 0 Å². The Labute approximate surface area is 220 Å². The lowest BCUT2D eigenvalue weighted by molar-refractivity contribution is -0.0215. The highest BCUT2D eigenvalue weighted by Crippen LogP contribution is 2.36. The van der Waals surface area contributed by atoms with E-state index >= 15 is 4.39 Å². The van der Waals surface area contributed by atoms with Crippen LogP contribution in [0.5, 0.6) is 0 Å². The summed E-state index contributed by atoms with van der Waals surface area (Å²) in [5, 5.41) is 0. The summed E-state index contributed by atoms with van der Waals surface area (Å²) >= 11 is 0. The minimum atomic E-state index is -0.808. The zero-order valence-electron chi connectivity index (χ0n) is 22.2. The lowest BCUT2D eigenvalue weighted by Crippen LogP contribution is -2.21. The van der Waals surface area contributed by atoms with Crippen molar-refractivity contribution in [1.82, 2.24) is 0 Å². The van der Waals surface area contributed by atoms with E-state index in [1.165, 1.54) is 25.7 Å². The molecule has 0 radical (unpaired) electrons. The van der Waals surface area contributed by atoms with Gasteiger partial charge in [0.15, 0.2) is 11.6 Å². The van der Waals surface area contributed by atoms with Crippen LogP contribution in [-0.2, 0) is 11.2 Å². The van der Waals surface area contributed by atoms with E-state index in [0.29, 0.717) is 35.6 Å². The largest absolute Gasteiger partial charge is 0.373 e. The van der Waals surface area contributed by atoms with Gasteiger partial charge in [0.25, 0.3) is 0 Å². The molecule has 0 aliphatic carbocycles. The average molecular weight is 509 g/mol. The predicted molar refractivity (Wildman–Crippen MR) is 146 cm³/mol. The van der Waals surface area contributed by atoms with E-state index in [-0.39, 0.29) is 17.5 Å². The van der Waals surface area contributed by atoms with Crippen molar-refractivity contribution in [3.8, 4) is 22.3 Å². The smallest absolute Gasteiger partial charge is 0.166 e. The highest BCUT2D eigenvalue weighted by Gasteiger charge is 2.25. The lowest BCUT2D eigenvalue weighted by atomic mass is 9.90. The van der Waals surface area contributed by atoms with Gasteiger partial charge < -0.3 is 4.74 Å². The molecule has 3 aromatic carbocycles. The summed E-state index contributed by atoms with van der Waals surface area (Å²) in [6.45, 7) is 5.00. The molecule has 0 N–H and O–H groups in total.